The number of ether oxygens (including phenoxy) is 1. The summed E-state index contributed by atoms with van der Waals surface area (Å²) in [5, 5.41) is 2.83. The van der Waals surface area contributed by atoms with Crippen LogP contribution < -0.4 is 14.4 Å². The van der Waals surface area contributed by atoms with Crippen LogP contribution in [0.5, 0.6) is 5.75 Å². The highest BCUT2D eigenvalue weighted by Gasteiger charge is 2.30. The number of carbonyl (C=O) groups is 2. The number of benzene rings is 2. The van der Waals surface area contributed by atoms with Crippen LogP contribution in [0.4, 0.5) is 5.69 Å². The summed E-state index contributed by atoms with van der Waals surface area (Å²) in [6, 6.07) is 13.4. The summed E-state index contributed by atoms with van der Waals surface area (Å²) in [6.45, 7) is 11.2. The third kappa shape index (κ3) is 7.98. The number of carbonyl (C=O) groups excluding carboxylic acids is 2. The third-order valence-corrected chi connectivity index (χ3v) is 6.93. The molecule has 9 heteroatoms. The van der Waals surface area contributed by atoms with Gasteiger partial charge in [0, 0.05) is 12.6 Å². The Labute approximate surface area is 215 Å². The Bertz CT molecular complexity index is 1150. The molecule has 0 aliphatic heterocycles. The molecule has 0 aliphatic rings. The monoisotopic (exact) mass is 517 g/mol. The fraction of sp³-hybridized carbons (Fsp3) is 0.481. The molecule has 0 spiro atoms. The summed E-state index contributed by atoms with van der Waals surface area (Å²) in [5.74, 6) is -0.188. The number of anilines is 1. The predicted molar refractivity (Wildman–Crippen MR) is 144 cm³/mol. The number of nitrogens with zero attached hydrogens (tertiary/aromatic N) is 2. The van der Waals surface area contributed by atoms with Gasteiger partial charge in [-0.15, -0.1) is 0 Å². The van der Waals surface area contributed by atoms with E-state index in [0.717, 1.165) is 21.7 Å². The van der Waals surface area contributed by atoms with E-state index in [1.807, 2.05) is 32.0 Å². The summed E-state index contributed by atoms with van der Waals surface area (Å²) in [4.78, 5) is 27.8. The summed E-state index contributed by atoms with van der Waals surface area (Å²) >= 11 is 0. The molecule has 0 saturated heterocycles. The van der Waals surface area contributed by atoms with Crippen molar-refractivity contribution in [2.24, 2.45) is 0 Å². The lowest BCUT2D eigenvalue weighted by molar-refractivity contribution is -0.139. The summed E-state index contributed by atoms with van der Waals surface area (Å²) in [5.41, 5.74) is 2.09. The van der Waals surface area contributed by atoms with Crippen molar-refractivity contribution in [1.82, 2.24) is 10.2 Å². The molecule has 2 aromatic carbocycles. The van der Waals surface area contributed by atoms with Crippen LogP contribution >= 0.6 is 0 Å². The highest BCUT2D eigenvalue weighted by atomic mass is 32.2. The lowest BCUT2D eigenvalue weighted by atomic mass is 9.87. The molecule has 0 fully saturated rings. The Morgan fingerprint density at radius 3 is 2.14 bits per heavy atom. The highest BCUT2D eigenvalue weighted by molar-refractivity contribution is 7.92. The molecule has 0 aromatic heterocycles. The van der Waals surface area contributed by atoms with Crippen molar-refractivity contribution in [2.75, 3.05) is 24.2 Å². The standard InChI is InChI=1S/C27H39N3O5S/c1-19(2)28-26(32)20(3)29(17-21-10-9-11-24(16-21)35-7)25(31)18-30(36(8,33)34)23-14-12-22(13-15-23)27(4,5)6/h9-16,19-20H,17-18H2,1-8H3,(H,28,32)/t20-/m0/s1. The Hall–Kier alpha value is -3.07. The quantitative estimate of drug-likeness (QED) is 0.518. The van der Waals surface area contributed by atoms with E-state index in [1.54, 1.807) is 44.4 Å². The van der Waals surface area contributed by atoms with E-state index < -0.39 is 28.5 Å². The maximum Gasteiger partial charge on any atom is 0.244 e. The number of amides is 2. The lowest BCUT2D eigenvalue weighted by Crippen LogP contribution is -2.52. The van der Waals surface area contributed by atoms with Crippen LogP contribution in [0.25, 0.3) is 0 Å². The molecule has 0 saturated carbocycles. The molecule has 1 atom stereocenters. The van der Waals surface area contributed by atoms with Crippen LogP contribution in [0.3, 0.4) is 0 Å². The first-order valence-electron chi connectivity index (χ1n) is 11.9. The molecule has 0 unspecified atom stereocenters. The molecule has 1 N–H and O–H groups in total. The van der Waals surface area contributed by atoms with Crippen molar-refractivity contribution in [2.45, 2.75) is 65.6 Å². The molecule has 0 radical (unpaired) electrons. The molecule has 2 amide bonds. The van der Waals surface area contributed by atoms with E-state index >= 15 is 0 Å². The van der Waals surface area contributed by atoms with Gasteiger partial charge in [-0.25, -0.2) is 8.42 Å². The number of methoxy groups -OCH3 is 1. The van der Waals surface area contributed by atoms with Crippen LogP contribution in [-0.4, -0.2) is 57.1 Å². The van der Waals surface area contributed by atoms with Gasteiger partial charge < -0.3 is 15.0 Å². The first kappa shape index (κ1) is 29.2. The summed E-state index contributed by atoms with van der Waals surface area (Å²) in [6.07, 6.45) is 1.07. The normalized spacial score (nSPS) is 12.7. The predicted octanol–water partition coefficient (Wildman–Crippen LogP) is 3.70. The minimum atomic E-state index is -3.78. The zero-order valence-corrected chi connectivity index (χ0v) is 23.3. The van der Waals surface area contributed by atoms with Gasteiger partial charge in [-0.2, -0.15) is 0 Å². The Kier molecular flexibility index (Phi) is 9.54. The Balaban J connectivity index is 2.41. The van der Waals surface area contributed by atoms with Gasteiger partial charge >= 0.3 is 0 Å². The smallest absolute Gasteiger partial charge is 0.244 e. The Morgan fingerprint density at radius 2 is 1.64 bits per heavy atom. The largest absolute Gasteiger partial charge is 0.497 e. The van der Waals surface area contributed by atoms with Crippen molar-refractivity contribution in [1.29, 1.82) is 0 Å². The molecule has 0 aliphatic carbocycles. The molecule has 8 nitrogen and oxygen atoms in total. The topological polar surface area (TPSA) is 96.0 Å². The van der Waals surface area contributed by atoms with E-state index in [0.29, 0.717) is 11.4 Å². The zero-order valence-electron chi connectivity index (χ0n) is 22.5. The molecule has 0 bridgehead atoms. The summed E-state index contributed by atoms with van der Waals surface area (Å²) < 4.78 is 31.8. The minimum Gasteiger partial charge on any atom is -0.497 e. The maximum absolute atomic E-state index is 13.6. The first-order valence-corrected chi connectivity index (χ1v) is 13.8. The molecule has 0 heterocycles. The second-order valence-electron chi connectivity index (χ2n) is 10.3. The van der Waals surface area contributed by atoms with E-state index in [1.165, 1.54) is 4.90 Å². The number of nitrogens with one attached hydrogen (secondary N) is 1. The first-order chi connectivity index (χ1) is 16.6. The van der Waals surface area contributed by atoms with Gasteiger partial charge in [0.25, 0.3) is 0 Å². The van der Waals surface area contributed by atoms with Gasteiger partial charge in [-0.05, 0) is 61.6 Å². The average molecular weight is 518 g/mol. The summed E-state index contributed by atoms with van der Waals surface area (Å²) in [7, 11) is -2.23. The SMILES string of the molecule is COc1cccc(CN(C(=O)CN(c2ccc(C(C)(C)C)cc2)S(C)(=O)=O)[C@@H](C)C(=O)NC(C)C)c1. The van der Waals surface area contributed by atoms with Gasteiger partial charge in [0.1, 0.15) is 18.3 Å². The van der Waals surface area contributed by atoms with E-state index in [2.05, 4.69) is 26.1 Å². The van der Waals surface area contributed by atoms with E-state index in [4.69, 9.17) is 4.74 Å². The second-order valence-corrected chi connectivity index (χ2v) is 12.2. The lowest BCUT2D eigenvalue weighted by Gasteiger charge is -2.32. The van der Waals surface area contributed by atoms with Gasteiger partial charge in [0.05, 0.1) is 19.1 Å². The van der Waals surface area contributed by atoms with Crippen molar-refractivity contribution in [3.05, 3.63) is 59.7 Å². The van der Waals surface area contributed by atoms with Crippen molar-refractivity contribution < 1.29 is 22.7 Å². The molecule has 198 valence electrons. The van der Waals surface area contributed by atoms with E-state index in [-0.39, 0.29) is 23.9 Å². The van der Waals surface area contributed by atoms with Crippen LogP contribution in [0.15, 0.2) is 48.5 Å². The van der Waals surface area contributed by atoms with E-state index in [9.17, 15) is 18.0 Å². The number of hydrogen-bond donors (Lipinski definition) is 1. The highest BCUT2D eigenvalue weighted by Crippen LogP contribution is 2.26. The molecule has 2 rings (SSSR count). The molecule has 2 aromatic rings. The zero-order chi connectivity index (χ0) is 27.3. The van der Waals surface area contributed by atoms with Crippen LogP contribution in [-0.2, 0) is 31.6 Å². The molecular weight excluding hydrogens is 478 g/mol. The maximum atomic E-state index is 13.6. The molecule has 36 heavy (non-hydrogen) atoms. The average Bonchev–Trinajstić information content (AvgIpc) is 2.78. The van der Waals surface area contributed by atoms with Crippen LogP contribution in [0.2, 0.25) is 0 Å². The van der Waals surface area contributed by atoms with Crippen molar-refractivity contribution in [3.8, 4) is 5.75 Å². The van der Waals surface area contributed by atoms with Gasteiger partial charge in [-0.3, -0.25) is 13.9 Å². The fourth-order valence-corrected chi connectivity index (χ4v) is 4.55. The van der Waals surface area contributed by atoms with Gasteiger partial charge in [0.2, 0.25) is 21.8 Å². The fourth-order valence-electron chi connectivity index (χ4n) is 3.70. The second kappa shape index (κ2) is 11.8. The molecular formula is C27H39N3O5S. The number of rotatable bonds is 10. The van der Waals surface area contributed by atoms with Gasteiger partial charge in [-0.1, -0.05) is 45.0 Å². The van der Waals surface area contributed by atoms with Gasteiger partial charge in [0.15, 0.2) is 0 Å². The Morgan fingerprint density at radius 1 is 1.03 bits per heavy atom. The number of hydrogen-bond acceptors (Lipinski definition) is 5. The van der Waals surface area contributed by atoms with Crippen molar-refractivity contribution >= 4 is 27.5 Å². The third-order valence-electron chi connectivity index (χ3n) is 5.79. The number of sulfonamides is 1. The van der Waals surface area contributed by atoms with Crippen LogP contribution in [0.1, 0.15) is 52.7 Å². The van der Waals surface area contributed by atoms with Crippen LogP contribution in [0, 0.1) is 0 Å². The van der Waals surface area contributed by atoms with Crippen molar-refractivity contribution in [3.63, 3.8) is 0 Å². The minimum absolute atomic E-state index is 0.100.